The van der Waals surface area contributed by atoms with Gasteiger partial charge in [-0.3, -0.25) is 9.36 Å². The van der Waals surface area contributed by atoms with Gasteiger partial charge in [0.15, 0.2) is 23.1 Å². The van der Waals surface area contributed by atoms with Gasteiger partial charge in [-0.25, -0.2) is 19.7 Å². The summed E-state index contributed by atoms with van der Waals surface area (Å²) in [5, 5.41) is 3.77. The second-order valence-corrected chi connectivity index (χ2v) is 9.50. The molecule has 12 heteroatoms. The Kier molecular flexibility index (Phi) is 7.46. The van der Waals surface area contributed by atoms with Crippen LogP contribution in [0.25, 0.3) is 28.2 Å². The van der Waals surface area contributed by atoms with Crippen LogP contribution < -0.4 is 10.2 Å². The Morgan fingerprint density at radius 3 is 2.63 bits per heavy atom. The van der Waals surface area contributed by atoms with Gasteiger partial charge in [-0.2, -0.15) is 0 Å². The second kappa shape index (κ2) is 10.9. The van der Waals surface area contributed by atoms with Gasteiger partial charge in [0.25, 0.3) is 5.91 Å². The van der Waals surface area contributed by atoms with E-state index in [1.807, 2.05) is 39.8 Å². The van der Waals surface area contributed by atoms with Crippen molar-refractivity contribution in [3.63, 3.8) is 0 Å². The molecule has 1 aliphatic rings. The van der Waals surface area contributed by atoms with Crippen LogP contribution in [0.15, 0.2) is 54.9 Å². The number of hydrogen-bond acceptors (Lipinski definition) is 8. The molecule has 1 saturated heterocycles. The molecule has 2 atom stereocenters. The molecule has 4 aromatic rings. The van der Waals surface area contributed by atoms with E-state index in [0.717, 1.165) is 11.3 Å². The van der Waals surface area contributed by atoms with Crippen LogP contribution in [0.5, 0.6) is 0 Å². The average Bonchev–Trinajstić information content (AvgIpc) is 3.32. The van der Waals surface area contributed by atoms with Crippen molar-refractivity contribution in [1.82, 2.24) is 24.8 Å². The highest BCUT2D eigenvalue weighted by molar-refractivity contribution is 6.33. The summed E-state index contributed by atoms with van der Waals surface area (Å²) in [7, 11) is 1.27. The van der Waals surface area contributed by atoms with Gasteiger partial charge in [0.1, 0.15) is 18.2 Å². The maximum Gasteiger partial charge on any atom is 0.328 e. The van der Waals surface area contributed by atoms with E-state index in [-0.39, 0.29) is 13.2 Å². The SMILES string of the molecule is COC(=O)C(C)NC(=O)C1CN(c2ncnc3c2nc(-c2ccccc2Cl)n3-c2ccc(Cl)cc2)CCO1. The molecule has 0 aliphatic carbocycles. The number of benzene rings is 2. The predicted molar refractivity (Wildman–Crippen MR) is 144 cm³/mol. The molecule has 2 aromatic heterocycles. The number of anilines is 1. The molecule has 1 N–H and O–H groups in total. The fourth-order valence-corrected chi connectivity index (χ4v) is 4.66. The van der Waals surface area contributed by atoms with Gasteiger partial charge in [-0.1, -0.05) is 35.3 Å². The summed E-state index contributed by atoms with van der Waals surface area (Å²) < 4.78 is 12.3. The zero-order valence-corrected chi connectivity index (χ0v) is 22.1. The maximum absolute atomic E-state index is 12.8. The van der Waals surface area contributed by atoms with Gasteiger partial charge in [0, 0.05) is 22.8 Å². The van der Waals surface area contributed by atoms with Gasteiger partial charge >= 0.3 is 5.97 Å². The number of ether oxygens (including phenoxy) is 2. The Balaban J connectivity index is 1.56. The van der Waals surface area contributed by atoms with Crippen molar-refractivity contribution < 1.29 is 19.1 Å². The first kappa shape index (κ1) is 25.9. The Hall–Kier alpha value is -3.73. The molecular weight excluding hydrogens is 531 g/mol. The van der Waals surface area contributed by atoms with E-state index in [1.54, 1.807) is 25.1 Å². The largest absolute Gasteiger partial charge is 0.467 e. The van der Waals surface area contributed by atoms with E-state index in [0.29, 0.717) is 39.4 Å². The van der Waals surface area contributed by atoms with E-state index in [1.165, 1.54) is 13.4 Å². The molecule has 38 heavy (non-hydrogen) atoms. The van der Waals surface area contributed by atoms with Crippen LogP contribution in [0.1, 0.15) is 6.92 Å². The number of methoxy groups -OCH3 is 1. The van der Waals surface area contributed by atoms with Crippen LogP contribution in [0.2, 0.25) is 10.0 Å². The van der Waals surface area contributed by atoms with Crippen LogP contribution in [0.4, 0.5) is 5.82 Å². The van der Waals surface area contributed by atoms with Crippen LogP contribution in [0.3, 0.4) is 0 Å². The number of hydrogen-bond donors (Lipinski definition) is 1. The highest BCUT2D eigenvalue weighted by Crippen LogP contribution is 2.35. The molecule has 2 unspecified atom stereocenters. The lowest BCUT2D eigenvalue weighted by Gasteiger charge is -2.33. The summed E-state index contributed by atoms with van der Waals surface area (Å²) in [6, 6.07) is 14.0. The zero-order chi connectivity index (χ0) is 26.8. The lowest BCUT2D eigenvalue weighted by atomic mass is 10.2. The lowest BCUT2D eigenvalue weighted by Crippen LogP contribution is -2.53. The van der Waals surface area contributed by atoms with E-state index < -0.39 is 24.0 Å². The Morgan fingerprint density at radius 2 is 1.89 bits per heavy atom. The minimum Gasteiger partial charge on any atom is -0.467 e. The molecule has 196 valence electrons. The Morgan fingerprint density at radius 1 is 1.13 bits per heavy atom. The number of esters is 1. The monoisotopic (exact) mass is 554 g/mol. The van der Waals surface area contributed by atoms with Gasteiger partial charge < -0.3 is 19.7 Å². The molecule has 0 radical (unpaired) electrons. The first-order valence-corrected chi connectivity index (χ1v) is 12.6. The topological polar surface area (TPSA) is 111 Å². The molecule has 0 saturated carbocycles. The Bertz CT molecular complexity index is 1490. The number of nitrogens with zero attached hydrogens (tertiary/aromatic N) is 5. The highest BCUT2D eigenvalue weighted by Gasteiger charge is 2.31. The third-order valence-corrected chi connectivity index (χ3v) is 6.78. The summed E-state index contributed by atoms with van der Waals surface area (Å²) in [5.74, 6) is 0.187. The number of aromatic nitrogens is 4. The van der Waals surface area contributed by atoms with Gasteiger partial charge in [-0.15, -0.1) is 0 Å². The molecule has 0 bridgehead atoms. The van der Waals surface area contributed by atoms with Gasteiger partial charge in [-0.05, 0) is 43.3 Å². The van der Waals surface area contributed by atoms with Crippen LogP contribution >= 0.6 is 23.2 Å². The quantitative estimate of drug-likeness (QED) is 0.359. The van der Waals surface area contributed by atoms with E-state index in [2.05, 4.69) is 15.3 Å². The van der Waals surface area contributed by atoms with Crippen molar-refractivity contribution in [3.8, 4) is 17.1 Å². The standard InChI is InChI=1S/C26H24Cl2N6O4/c1-15(26(36)37-2)31-25(35)20-13-33(11-12-38-20)23-21-24(30-14-29-23)34(17-9-7-16(27)8-10-17)22(32-21)18-5-3-4-6-19(18)28/h3-10,14-15,20H,11-13H2,1-2H3,(H,31,35). The molecule has 3 heterocycles. The average molecular weight is 555 g/mol. The first-order valence-electron chi connectivity index (χ1n) is 11.9. The number of imidazole rings is 1. The number of fused-ring (bicyclic) bond motifs is 1. The summed E-state index contributed by atoms with van der Waals surface area (Å²) in [6.45, 7) is 2.53. The molecular formula is C26H24Cl2N6O4. The van der Waals surface area contributed by atoms with Crippen molar-refractivity contribution in [3.05, 3.63) is 64.9 Å². The van der Waals surface area contributed by atoms with Crippen molar-refractivity contribution in [2.24, 2.45) is 0 Å². The maximum atomic E-state index is 12.8. The van der Waals surface area contributed by atoms with Crippen molar-refractivity contribution >= 4 is 52.1 Å². The number of halogens is 2. The first-order chi connectivity index (χ1) is 18.4. The number of rotatable bonds is 6. The lowest BCUT2D eigenvalue weighted by molar-refractivity contribution is -0.146. The van der Waals surface area contributed by atoms with Crippen molar-refractivity contribution in [2.75, 3.05) is 31.7 Å². The molecule has 1 amide bonds. The minimum atomic E-state index is -0.817. The summed E-state index contributed by atoms with van der Waals surface area (Å²) in [5.41, 5.74) is 2.64. The summed E-state index contributed by atoms with van der Waals surface area (Å²) >= 11 is 12.7. The third kappa shape index (κ3) is 5.02. The molecule has 2 aromatic carbocycles. The van der Waals surface area contributed by atoms with Gasteiger partial charge in [0.2, 0.25) is 0 Å². The number of morpholine rings is 1. The number of carbonyl (C=O) groups is 2. The number of amides is 1. The van der Waals surface area contributed by atoms with Crippen LogP contribution in [-0.2, 0) is 19.1 Å². The minimum absolute atomic E-state index is 0.209. The van der Waals surface area contributed by atoms with Crippen LogP contribution in [-0.4, -0.2) is 70.3 Å². The third-order valence-electron chi connectivity index (χ3n) is 6.20. The normalized spacial score (nSPS) is 16.3. The predicted octanol–water partition coefficient (Wildman–Crippen LogP) is 3.67. The van der Waals surface area contributed by atoms with Crippen LogP contribution in [0, 0.1) is 0 Å². The fraction of sp³-hybridized carbons (Fsp3) is 0.269. The molecule has 5 rings (SSSR count). The smallest absolute Gasteiger partial charge is 0.328 e. The number of nitrogens with one attached hydrogen (secondary N) is 1. The van der Waals surface area contributed by atoms with Gasteiger partial charge in [0.05, 0.1) is 25.3 Å². The van der Waals surface area contributed by atoms with E-state index >= 15 is 0 Å². The highest BCUT2D eigenvalue weighted by atomic mass is 35.5. The molecule has 1 fully saturated rings. The summed E-state index contributed by atoms with van der Waals surface area (Å²) in [6.07, 6.45) is 0.647. The molecule has 1 aliphatic heterocycles. The molecule has 0 spiro atoms. The fourth-order valence-electron chi connectivity index (χ4n) is 4.31. The second-order valence-electron chi connectivity index (χ2n) is 8.66. The Labute approximate surface area is 228 Å². The van der Waals surface area contributed by atoms with Crippen molar-refractivity contribution in [2.45, 2.75) is 19.1 Å². The summed E-state index contributed by atoms with van der Waals surface area (Å²) in [4.78, 5) is 40.5. The van der Waals surface area contributed by atoms with E-state index in [9.17, 15) is 9.59 Å². The zero-order valence-electron chi connectivity index (χ0n) is 20.6. The van der Waals surface area contributed by atoms with Crippen molar-refractivity contribution in [1.29, 1.82) is 0 Å². The molecule has 10 nitrogen and oxygen atoms in total. The van der Waals surface area contributed by atoms with E-state index in [4.69, 9.17) is 37.7 Å². The number of carbonyl (C=O) groups excluding carboxylic acids is 2.